The Bertz CT molecular complexity index is 302. The molecule has 1 heterocycles. The number of rotatable bonds is 5. The van der Waals surface area contributed by atoms with Crippen molar-refractivity contribution >= 4 is 11.9 Å². The van der Waals surface area contributed by atoms with Gasteiger partial charge >= 0.3 is 5.97 Å². The summed E-state index contributed by atoms with van der Waals surface area (Å²) < 4.78 is 4.84. The van der Waals surface area contributed by atoms with Gasteiger partial charge in [0.1, 0.15) is 0 Å². The lowest BCUT2D eigenvalue weighted by Crippen LogP contribution is -2.32. The average molecular weight is 269 g/mol. The second kappa shape index (κ2) is 8.18. The third-order valence-corrected chi connectivity index (χ3v) is 3.92. The van der Waals surface area contributed by atoms with Gasteiger partial charge in [0.15, 0.2) is 0 Å². The van der Waals surface area contributed by atoms with E-state index in [1.807, 2.05) is 4.90 Å². The summed E-state index contributed by atoms with van der Waals surface area (Å²) in [6, 6.07) is 0. The van der Waals surface area contributed by atoms with E-state index in [-0.39, 0.29) is 24.7 Å². The van der Waals surface area contributed by atoms with Crippen LogP contribution in [0.3, 0.4) is 0 Å². The van der Waals surface area contributed by atoms with Crippen LogP contribution in [-0.4, -0.2) is 36.5 Å². The van der Waals surface area contributed by atoms with Crippen LogP contribution in [0.25, 0.3) is 0 Å². The second-order valence-corrected chi connectivity index (χ2v) is 5.62. The number of amides is 1. The molecule has 0 aromatic rings. The quantitative estimate of drug-likeness (QED) is 0.721. The topological polar surface area (TPSA) is 46.6 Å². The summed E-state index contributed by atoms with van der Waals surface area (Å²) in [5.41, 5.74) is 0. The van der Waals surface area contributed by atoms with Gasteiger partial charge in [-0.2, -0.15) is 0 Å². The van der Waals surface area contributed by atoms with E-state index < -0.39 is 0 Å². The standard InChI is InChI=1S/C15H27NO3/c1-4-19-15(18)8-7-14(17)16-10-5-6-13(9-11-16)12(2)3/h12-13H,4-11H2,1-3H3. The van der Waals surface area contributed by atoms with Gasteiger partial charge in [-0.3, -0.25) is 9.59 Å². The van der Waals surface area contributed by atoms with Gasteiger partial charge in [-0.1, -0.05) is 13.8 Å². The third kappa shape index (κ3) is 5.62. The van der Waals surface area contributed by atoms with E-state index in [1.165, 1.54) is 6.42 Å². The van der Waals surface area contributed by atoms with Crippen molar-refractivity contribution in [3.8, 4) is 0 Å². The van der Waals surface area contributed by atoms with Gasteiger partial charge in [0.25, 0.3) is 0 Å². The SMILES string of the molecule is CCOC(=O)CCC(=O)N1CCCC(C(C)C)CC1. The maximum atomic E-state index is 12.1. The minimum absolute atomic E-state index is 0.0949. The molecule has 1 saturated heterocycles. The highest BCUT2D eigenvalue weighted by Crippen LogP contribution is 2.24. The molecule has 4 heteroatoms. The van der Waals surface area contributed by atoms with Gasteiger partial charge in [0.05, 0.1) is 13.0 Å². The van der Waals surface area contributed by atoms with Crippen LogP contribution in [0.1, 0.15) is 52.9 Å². The van der Waals surface area contributed by atoms with E-state index >= 15 is 0 Å². The first-order chi connectivity index (χ1) is 9.04. The fourth-order valence-corrected chi connectivity index (χ4v) is 2.64. The van der Waals surface area contributed by atoms with Crippen LogP contribution in [0.15, 0.2) is 0 Å². The molecule has 1 rings (SSSR count). The van der Waals surface area contributed by atoms with E-state index in [9.17, 15) is 9.59 Å². The van der Waals surface area contributed by atoms with Gasteiger partial charge in [-0.05, 0) is 38.0 Å². The van der Waals surface area contributed by atoms with Crippen LogP contribution in [0.5, 0.6) is 0 Å². The van der Waals surface area contributed by atoms with Crippen LogP contribution in [-0.2, 0) is 14.3 Å². The van der Waals surface area contributed by atoms with E-state index in [1.54, 1.807) is 6.92 Å². The van der Waals surface area contributed by atoms with E-state index in [0.717, 1.165) is 31.8 Å². The molecular weight excluding hydrogens is 242 g/mol. The molecule has 0 N–H and O–H groups in total. The van der Waals surface area contributed by atoms with Crippen LogP contribution in [0, 0.1) is 11.8 Å². The average Bonchev–Trinajstić information content (AvgIpc) is 2.62. The first kappa shape index (κ1) is 16.0. The molecule has 1 atom stereocenters. The monoisotopic (exact) mass is 269 g/mol. The molecule has 0 saturated carbocycles. The highest BCUT2D eigenvalue weighted by atomic mass is 16.5. The van der Waals surface area contributed by atoms with Crippen molar-refractivity contribution in [1.82, 2.24) is 4.90 Å². The smallest absolute Gasteiger partial charge is 0.306 e. The molecule has 0 radical (unpaired) electrons. The molecule has 1 aliphatic heterocycles. The van der Waals surface area contributed by atoms with Crippen molar-refractivity contribution in [2.75, 3.05) is 19.7 Å². The zero-order valence-corrected chi connectivity index (χ0v) is 12.5. The summed E-state index contributed by atoms with van der Waals surface area (Å²) in [6.45, 7) is 8.34. The van der Waals surface area contributed by atoms with Crippen molar-refractivity contribution < 1.29 is 14.3 Å². The zero-order valence-electron chi connectivity index (χ0n) is 12.5. The predicted molar refractivity (Wildman–Crippen MR) is 74.6 cm³/mol. The number of hydrogen-bond acceptors (Lipinski definition) is 3. The van der Waals surface area contributed by atoms with Gasteiger partial charge in [-0.15, -0.1) is 0 Å². The van der Waals surface area contributed by atoms with Gasteiger partial charge in [0.2, 0.25) is 5.91 Å². The Hall–Kier alpha value is -1.06. The molecule has 0 aromatic carbocycles. The van der Waals surface area contributed by atoms with Crippen molar-refractivity contribution in [3.05, 3.63) is 0 Å². The van der Waals surface area contributed by atoms with Gasteiger partial charge in [-0.25, -0.2) is 0 Å². The summed E-state index contributed by atoms with van der Waals surface area (Å²) in [4.78, 5) is 25.2. The minimum atomic E-state index is -0.272. The van der Waals surface area contributed by atoms with Gasteiger partial charge in [0, 0.05) is 19.5 Å². The fourth-order valence-electron chi connectivity index (χ4n) is 2.64. The number of nitrogens with zero attached hydrogens (tertiary/aromatic N) is 1. The predicted octanol–water partition coefficient (Wildman–Crippen LogP) is 2.61. The summed E-state index contributed by atoms with van der Waals surface area (Å²) in [5, 5.41) is 0. The summed E-state index contributed by atoms with van der Waals surface area (Å²) in [5.74, 6) is 1.24. The molecule has 110 valence electrons. The van der Waals surface area contributed by atoms with Crippen LogP contribution in [0.4, 0.5) is 0 Å². The highest BCUT2D eigenvalue weighted by molar-refractivity contribution is 5.81. The van der Waals surface area contributed by atoms with Crippen LogP contribution >= 0.6 is 0 Å². The number of esters is 1. The summed E-state index contributed by atoms with van der Waals surface area (Å²) >= 11 is 0. The Morgan fingerprint density at radius 2 is 1.95 bits per heavy atom. The number of hydrogen-bond donors (Lipinski definition) is 0. The molecule has 0 bridgehead atoms. The first-order valence-corrected chi connectivity index (χ1v) is 7.48. The molecule has 4 nitrogen and oxygen atoms in total. The Labute approximate surface area is 116 Å². The number of carbonyl (C=O) groups is 2. The Kier molecular flexibility index (Phi) is 6.89. The Balaban J connectivity index is 2.34. The zero-order chi connectivity index (χ0) is 14.3. The summed E-state index contributed by atoms with van der Waals surface area (Å²) in [6.07, 6.45) is 3.86. The van der Waals surface area contributed by atoms with Crippen molar-refractivity contribution in [1.29, 1.82) is 0 Å². The van der Waals surface area contributed by atoms with Crippen molar-refractivity contribution in [3.63, 3.8) is 0 Å². The van der Waals surface area contributed by atoms with E-state index in [0.29, 0.717) is 12.5 Å². The van der Waals surface area contributed by atoms with Gasteiger partial charge < -0.3 is 9.64 Å². The maximum Gasteiger partial charge on any atom is 0.306 e. The van der Waals surface area contributed by atoms with Crippen LogP contribution < -0.4 is 0 Å². The molecule has 0 aliphatic carbocycles. The third-order valence-electron chi connectivity index (χ3n) is 3.92. The fraction of sp³-hybridized carbons (Fsp3) is 0.867. The van der Waals surface area contributed by atoms with Crippen molar-refractivity contribution in [2.45, 2.75) is 52.9 Å². The lowest BCUT2D eigenvalue weighted by molar-refractivity contribution is -0.145. The Morgan fingerprint density at radius 1 is 1.21 bits per heavy atom. The molecule has 1 fully saturated rings. The number of carbonyl (C=O) groups excluding carboxylic acids is 2. The molecule has 1 aliphatic rings. The molecule has 0 aromatic heterocycles. The largest absolute Gasteiger partial charge is 0.466 e. The maximum absolute atomic E-state index is 12.1. The number of ether oxygens (including phenoxy) is 1. The molecule has 1 unspecified atom stereocenters. The lowest BCUT2D eigenvalue weighted by Gasteiger charge is -2.21. The lowest BCUT2D eigenvalue weighted by atomic mass is 9.89. The van der Waals surface area contributed by atoms with E-state index in [4.69, 9.17) is 4.74 Å². The minimum Gasteiger partial charge on any atom is -0.466 e. The number of likely N-dealkylation sites (tertiary alicyclic amines) is 1. The van der Waals surface area contributed by atoms with E-state index in [2.05, 4.69) is 13.8 Å². The second-order valence-electron chi connectivity index (χ2n) is 5.62. The Morgan fingerprint density at radius 3 is 2.58 bits per heavy atom. The highest BCUT2D eigenvalue weighted by Gasteiger charge is 2.22. The molecule has 19 heavy (non-hydrogen) atoms. The normalized spacial score (nSPS) is 20.2. The molecule has 0 spiro atoms. The van der Waals surface area contributed by atoms with Crippen LogP contribution in [0.2, 0.25) is 0 Å². The first-order valence-electron chi connectivity index (χ1n) is 7.48. The molecule has 1 amide bonds. The molecular formula is C15H27NO3. The summed E-state index contributed by atoms with van der Waals surface area (Å²) in [7, 11) is 0. The van der Waals surface area contributed by atoms with Crippen molar-refractivity contribution in [2.24, 2.45) is 11.8 Å².